The maximum absolute atomic E-state index is 13.7. The summed E-state index contributed by atoms with van der Waals surface area (Å²) in [5.41, 5.74) is 5.06. The number of rotatable bonds is 9. The van der Waals surface area contributed by atoms with Gasteiger partial charge in [0.15, 0.2) is 0 Å². The first-order chi connectivity index (χ1) is 15.9. The van der Waals surface area contributed by atoms with Crippen molar-refractivity contribution in [3.05, 3.63) is 101 Å². The lowest BCUT2D eigenvalue weighted by Gasteiger charge is -2.31. The Morgan fingerprint density at radius 1 is 0.939 bits per heavy atom. The average molecular weight is 445 g/mol. The van der Waals surface area contributed by atoms with Crippen molar-refractivity contribution in [1.29, 1.82) is 0 Å². The van der Waals surface area contributed by atoms with Gasteiger partial charge in [-0.2, -0.15) is 0 Å². The van der Waals surface area contributed by atoms with Gasteiger partial charge in [-0.25, -0.2) is 0 Å². The van der Waals surface area contributed by atoms with E-state index in [1.807, 2.05) is 86.6 Å². The van der Waals surface area contributed by atoms with Crippen LogP contribution in [-0.4, -0.2) is 36.9 Å². The Hall–Kier alpha value is -3.60. The monoisotopic (exact) mass is 444 g/mol. The molecule has 3 rings (SSSR count). The molecular weight excluding hydrogens is 412 g/mol. The van der Waals surface area contributed by atoms with E-state index in [0.717, 1.165) is 27.8 Å². The maximum atomic E-state index is 13.7. The third-order valence-electron chi connectivity index (χ3n) is 5.85. The molecule has 1 N–H and O–H groups in total. The number of carbonyl (C=O) groups is 2. The molecule has 0 fully saturated rings. The van der Waals surface area contributed by atoms with Crippen LogP contribution in [0.3, 0.4) is 0 Å². The summed E-state index contributed by atoms with van der Waals surface area (Å²) in [6.45, 7) is 4.34. The van der Waals surface area contributed by atoms with E-state index in [-0.39, 0.29) is 18.2 Å². The maximum Gasteiger partial charge on any atom is 0.242 e. The highest BCUT2D eigenvalue weighted by atomic mass is 16.5. The van der Waals surface area contributed by atoms with Crippen LogP contribution in [-0.2, 0) is 29.0 Å². The second-order valence-electron chi connectivity index (χ2n) is 8.30. The molecular formula is C28H32N2O3. The third-order valence-corrected chi connectivity index (χ3v) is 5.85. The van der Waals surface area contributed by atoms with Gasteiger partial charge in [-0.1, -0.05) is 66.2 Å². The molecule has 0 aliphatic rings. The van der Waals surface area contributed by atoms with E-state index in [2.05, 4.69) is 5.32 Å². The number of hydrogen-bond donors (Lipinski definition) is 1. The third kappa shape index (κ3) is 6.45. The molecule has 0 aliphatic carbocycles. The van der Waals surface area contributed by atoms with Gasteiger partial charge in [-0.05, 0) is 48.2 Å². The lowest BCUT2D eigenvalue weighted by atomic mass is 9.99. The number of carbonyl (C=O) groups excluding carboxylic acids is 2. The fourth-order valence-electron chi connectivity index (χ4n) is 3.94. The first-order valence-electron chi connectivity index (χ1n) is 11.1. The molecule has 0 saturated carbocycles. The van der Waals surface area contributed by atoms with E-state index in [4.69, 9.17) is 4.74 Å². The van der Waals surface area contributed by atoms with Gasteiger partial charge in [-0.3, -0.25) is 9.59 Å². The van der Waals surface area contributed by atoms with Crippen LogP contribution >= 0.6 is 0 Å². The highest BCUT2D eigenvalue weighted by molar-refractivity contribution is 5.88. The minimum Gasteiger partial charge on any atom is -0.497 e. The second-order valence-corrected chi connectivity index (χ2v) is 8.30. The zero-order valence-electron chi connectivity index (χ0n) is 19.8. The number of likely N-dealkylation sites (N-methyl/N-ethyl adjacent to an activating group) is 1. The van der Waals surface area contributed by atoms with Crippen molar-refractivity contribution < 1.29 is 14.3 Å². The van der Waals surface area contributed by atoms with E-state index in [1.54, 1.807) is 19.1 Å². The minimum atomic E-state index is -0.638. The van der Waals surface area contributed by atoms with Gasteiger partial charge in [0.2, 0.25) is 11.8 Å². The van der Waals surface area contributed by atoms with E-state index in [0.29, 0.717) is 18.7 Å². The molecule has 0 aromatic heterocycles. The minimum absolute atomic E-state index is 0.0870. The number of hydrogen-bond acceptors (Lipinski definition) is 3. The van der Waals surface area contributed by atoms with E-state index < -0.39 is 6.04 Å². The summed E-state index contributed by atoms with van der Waals surface area (Å²) in [6.07, 6.45) is 0.669. The molecule has 0 bridgehead atoms. The van der Waals surface area contributed by atoms with E-state index >= 15 is 0 Å². The van der Waals surface area contributed by atoms with E-state index in [1.165, 1.54) is 0 Å². The summed E-state index contributed by atoms with van der Waals surface area (Å²) in [6, 6.07) is 22.9. The summed E-state index contributed by atoms with van der Waals surface area (Å²) < 4.78 is 5.36. The Balaban J connectivity index is 1.98. The molecule has 0 saturated heterocycles. The summed E-state index contributed by atoms with van der Waals surface area (Å²) >= 11 is 0. The van der Waals surface area contributed by atoms with Crippen molar-refractivity contribution in [3.8, 4) is 5.75 Å². The summed E-state index contributed by atoms with van der Waals surface area (Å²) in [7, 11) is 3.23. The van der Waals surface area contributed by atoms with Crippen LogP contribution in [0.15, 0.2) is 72.8 Å². The molecule has 0 radical (unpaired) electrons. The van der Waals surface area contributed by atoms with Crippen molar-refractivity contribution in [2.75, 3.05) is 14.2 Å². The van der Waals surface area contributed by atoms with Crippen molar-refractivity contribution in [3.63, 3.8) is 0 Å². The van der Waals surface area contributed by atoms with E-state index in [9.17, 15) is 9.59 Å². The number of amides is 2. The van der Waals surface area contributed by atoms with Gasteiger partial charge in [-0.15, -0.1) is 0 Å². The van der Waals surface area contributed by atoms with Gasteiger partial charge in [0.1, 0.15) is 11.8 Å². The first-order valence-corrected chi connectivity index (χ1v) is 11.1. The highest BCUT2D eigenvalue weighted by Gasteiger charge is 2.30. The molecule has 0 heterocycles. The van der Waals surface area contributed by atoms with Gasteiger partial charge < -0.3 is 15.0 Å². The Morgan fingerprint density at radius 3 is 2.36 bits per heavy atom. The van der Waals surface area contributed by atoms with Crippen LogP contribution < -0.4 is 10.1 Å². The molecule has 1 atom stereocenters. The standard InChI is InChI=1S/C28H32N2O3/c1-20-13-14-21(2)24(15-20)18-27(31)30(19-23-11-8-12-25(16-23)33-4)26(28(32)29-3)17-22-9-6-5-7-10-22/h5-16,26H,17-19H2,1-4H3,(H,29,32)/t26-/m0/s1. The van der Waals surface area contributed by atoms with Gasteiger partial charge >= 0.3 is 0 Å². The van der Waals surface area contributed by atoms with Crippen LogP contribution in [0.5, 0.6) is 5.75 Å². The SMILES string of the molecule is CNC(=O)[C@H](Cc1ccccc1)N(Cc1cccc(OC)c1)C(=O)Cc1cc(C)ccc1C. The Kier molecular flexibility index (Phi) is 8.25. The zero-order chi connectivity index (χ0) is 23.8. The van der Waals surface area contributed by atoms with Crippen LogP contribution in [0.2, 0.25) is 0 Å². The molecule has 5 nitrogen and oxygen atoms in total. The Bertz CT molecular complexity index is 1100. The Morgan fingerprint density at radius 2 is 1.67 bits per heavy atom. The number of nitrogens with one attached hydrogen (secondary N) is 1. The molecule has 2 amide bonds. The molecule has 172 valence electrons. The number of benzene rings is 3. The van der Waals surface area contributed by atoms with Gasteiger partial charge in [0.05, 0.1) is 13.5 Å². The second kappa shape index (κ2) is 11.3. The molecule has 0 spiro atoms. The number of aryl methyl sites for hydroxylation is 2. The number of nitrogens with zero attached hydrogens (tertiary/aromatic N) is 1. The fourth-order valence-corrected chi connectivity index (χ4v) is 3.94. The molecule has 3 aromatic rings. The van der Waals surface area contributed by atoms with Gasteiger partial charge in [0, 0.05) is 20.0 Å². The quantitative estimate of drug-likeness (QED) is 0.537. The molecule has 0 unspecified atom stereocenters. The summed E-state index contributed by atoms with van der Waals surface area (Å²) in [5, 5.41) is 2.76. The number of methoxy groups -OCH3 is 1. The van der Waals surface area contributed by atoms with Crippen molar-refractivity contribution >= 4 is 11.8 Å². The number of ether oxygens (including phenoxy) is 1. The van der Waals surface area contributed by atoms with Crippen molar-refractivity contribution in [2.24, 2.45) is 0 Å². The van der Waals surface area contributed by atoms with Crippen LogP contribution in [0.1, 0.15) is 27.8 Å². The van der Waals surface area contributed by atoms with Crippen molar-refractivity contribution in [2.45, 2.75) is 39.3 Å². The van der Waals surface area contributed by atoms with Gasteiger partial charge in [0.25, 0.3) is 0 Å². The lowest BCUT2D eigenvalue weighted by molar-refractivity contribution is -0.140. The molecule has 33 heavy (non-hydrogen) atoms. The molecule has 0 aliphatic heterocycles. The zero-order valence-corrected chi connectivity index (χ0v) is 19.8. The van der Waals surface area contributed by atoms with Crippen LogP contribution in [0.4, 0.5) is 0 Å². The molecule has 5 heteroatoms. The predicted molar refractivity (Wildman–Crippen MR) is 131 cm³/mol. The van der Waals surface area contributed by atoms with Crippen molar-refractivity contribution in [1.82, 2.24) is 10.2 Å². The summed E-state index contributed by atoms with van der Waals surface area (Å²) in [5.74, 6) is 0.445. The predicted octanol–water partition coefficient (Wildman–Crippen LogP) is 4.24. The fraction of sp³-hybridized carbons (Fsp3) is 0.286. The summed E-state index contributed by atoms with van der Waals surface area (Å²) in [4.78, 5) is 28.4. The van der Waals surface area contributed by atoms with Crippen LogP contribution in [0, 0.1) is 13.8 Å². The highest BCUT2D eigenvalue weighted by Crippen LogP contribution is 2.20. The average Bonchev–Trinajstić information content (AvgIpc) is 2.83. The largest absolute Gasteiger partial charge is 0.497 e. The topological polar surface area (TPSA) is 58.6 Å². The van der Waals surface area contributed by atoms with Crippen LogP contribution in [0.25, 0.3) is 0 Å². The smallest absolute Gasteiger partial charge is 0.242 e. The first kappa shape index (κ1) is 24.1. The lowest BCUT2D eigenvalue weighted by Crippen LogP contribution is -2.50. The molecule has 3 aromatic carbocycles. The normalized spacial score (nSPS) is 11.5. The Labute approximate surface area is 196 Å².